The van der Waals surface area contributed by atoms with E-state index in [1.54, 1.807) is 19.2 Å². The summed E-state index contributed by atoms with van der Waals surface area (Å²) in [4.78, 5) is 15.3. The molecule has 2 bridgehead atoms. The number of nitrogens with zero attached hydrogens (tertiary/aromatic N) is 1. The fourth-order valence-electron chi connectivity index (χ4n) is 6.30. The number of hydrogen-bond donors (Lipinski definition) is 0. The minimum absolute atomic E-state index is 0.157. The second kappa shape index (κ2) is 6.35. The van der Waals surface area contributed by atoms with Gasteiger partial charge in [-0.2, -0.15) is 0 Å². The molecular weight excluding hydrogens is 378 g/mol. The molecule has 0 amide bonds. The molecule has 1 spiro atoms. The van der Waals surface area contributed by atoms with Crippen molar-refractivity contribution in [3.8, 4) is 11.5 Å². The van der Waals surface area contributed by atoms with E-state index in [0.717, 1.165) is 37.3 Å². The number of esters is 1. The number of carbonyl (C=O) groups is 1. The van der Waals surface area contributed by atoms with Gasteiger partial charge >= 0.3 is 5.97 Å². The standard InChI is InChI=1S/C25H25NO4/c1-26-13-12-25-17-9-11-20(29-24(27)15-6-4-3-5-7-15)23(25)30-22-19(28-2)10-8-16(21(22)25)14-18(17)26/h3-8,10-11,17-18,23H,9,12-14H2,1-2H3/t17?,18?,23-,25?/m1/s1. The van der Waals surface area contributed by atoms with Gasteiger partial charge in [0.1, 0.15) is 5.76 Å². The van der Waals surface area contributed by atoms with E-state index in [2.05, 4.69) is 24.1 Å². The molecule has 6 rings (SSSR count). The molecule has 154 valence electrons. The molecule has 2 heterocycles. The van der Waals surface area contributed by atoms with Gasteiger partial charge in [0.2, 0.25) is 0 Å². The van der Waals surface area contributed by atoms with Crippen molar-refractivity contribution in [2.45, 2.75) is 36.8 Å². The van der Waals surface area contributed by atoms with Crippen LogP contribution in [0, 0.1) is 5.92 Å². The normalized spacial score (nSPS) is 30.7. The fourth-order valence-corrected chi connectivity index (χ4v) is 6.30. The minimum Gasteiger partial charge on any atom is -0.493 e. The van der Waals surface area contributed by atoms with Crippen molar-refractivity contribution < 1.29 is 19.0 Å². The lowest BCUT2D eigenvalue weighted by Gasteiger charge is -2.56. The first-order valence-corrected chi connectivity index (χ1v) is 10.7. The number of ether oxygens (including phenoxy) is 3. The number of rotatable bonds is 3. The average molecular weight is 403 g/mol. The van der Waals surface area contributed by atoms with E-state index in [1.165, 1.54) is 11.1 Å². The van der Waals surface area contributed by atoms with E-state index in [1.807, 2.05) is 24.3 Å². The SMILES string of the molecule is COc1ccc2c3c1O[C@@H]1C(OC(=O)c4ccccc4)=CCC4C(C2)N(C)CCC341. The Balaban J connectivity index is 1.46. The number of likely N-dealkylation sites (tertiary alicyclic amines) is 1. The highest BCUT2D eigenvalue weighted by molar-refractivity contribution is 5.90. The molecular formula is C25H25NO4. The molecule has 2 aliphatic heterocycles. The lowest BCUT2D eigenvalue weighted by molar-refractivity contribution is -0.0272. The van der Waals surface area contributed by atoms with Crippen molar-refractivity contribution >= 4 is 5.97 Å². The quantitative estimate of drug-likeness (QED) is 0.731. The van der Waals surface area contributed by atoms with Crippen molar-refractivity contribution in [2.75, 3.05) is 20.7 Å². The van der Waals surface area contributed by atoms with Crippen molar-refractivity contribution in [3.63, 3.8) is 0 Å². The molecule has 0 radical (unpaired) electrons. The highest BCUT2D eigenvalue weighted by atomic mass is 16.6. The van der Waals surface area contributed by atoms with Crippen LogP contribution in [-0.4, -0.2) is 43.7 Å². The van der Waals surface area contributed by atoms with Gasteiger partial charge in [-0.1, -0.05) is 24.3 Å². The number of methoxy groups -OCH3 is 1. The van der Waals surface area contributed by atoms with Crippen molar-refractivity contribution in [1.82, 2.24) is 4.90 Å². The molecule has 2 aromatic carbocycles. The monoisotopic (exact) mass is 403 g/mol. The van der Waals surface area contributed by atoms with Gasteiger partial charge in [-0.25, -0.2) is 4.79 Å². The second-order valence-electron chi connectivity index (χ2n) is 8.88. The molecule has 2 aromatic rings. The van der Waals surface area contributed by atoms with Gasteiger partial charge in [0, 0.05) is 17.0 Å². The summed E-state index contributed by atoms with van der Waals surface area (Å²) in [5.41, 5.74) is 3.03. The van der Waals surface area contributed by atoms with E-state index in [-0.39, 0.29) is 17.5 Å². The van der Waals surface area contributed by atoms with E-state index in [0.29, 0.717) is 23.3 Å². The maximum Gasteiger partial charge on any atom is 0.343 e. The molecule has 4 aliphatic rings. The molecule has 5 heteroatoms. The summed E-state index contributed by atoms with van der Waals surface area (Å²) in [6.45, 7) is 1.01. The number of hydrogen-bond acceptors (Lipinski definition) is 5. The Kier molecular flexibility index (Phi) is 3.81. The zero-order valence-corrected chi connectivity index (χ0v) is 17.3. The van der Waals surface area contributed by atoms with Crippen LogP contribution in [-0.2, 0) is 16.6 Å². The summed E-state index contributed by atoms with van der Waals surface area (Å²) in [6.07, 6.45) is 4.71. The summed E-state index contributed by atoms with van der Waals surface area (Å²) in [5, 5.41) is 0. The Morgan fingerprint density at radius 3 is 2.83 bits per heavy atom. The number of carbonyl (C=O) groups excluding carboxylic acids is 1. The maximum atomic E-state index is 12.8. The third-order valence-corrected chi connectivity index (χ3v) is 7.65. The predicted octanol–water partition coefficient (Wildman–Crippen LogP) is 3.72. The van der Waals surface area contributed by atoms with Crippen molar-refractivity contribution in [3.05, 3.63) is 71.0 Å². The average Bonchev–Trinajstić information content (AvgIpc) is 3.13. The van der Waals surface area contributed by atoms with Crippen LogP contribution < -0.4 is 9.47 Å². The van der Waals surface area contributed by atoms with E-state index in [9.17, 15) is 4.79 Å². The first-order valence-electron chi connectivity index (χ1n) is 10.7. The van der Waals surface area contributed by atoms with Crippen LogP contribution in [0.25, 0.3) is 0 Å². The highest BCUT2D eigenvalue weighted by Crippen LogP contribution is 2.63. The van der Waals surface area contributed by atoms with Gasteiger partial charge < -0.3 is 19.1 Å². The zero-order chi connectivity index (χ0) is 20.5. The minimum atomic E-state index is -0.330. The molecule has 0 aromatic heterocycles. The Hall–Kier alpha value is -2.79. The number of piperidine rings is 1. The zero-order valence-electron chi connectivity index (χ0n) is 17.3. The Morgan fingerprint density at radius 2 is 2.03 bits per heavy atom. The van der Waals surface area contributed by atoms with Gasteiger partial charge in [-0.15, -0.1) is 0 Å². The fraction of sp³-hybridized carbons (Fsp3) is 0.400. The number of allylic oxidation sites excluding steroid dienone is 1. The molecule has 2 aliphatic carbocycles. The van der Waals surface area contributed by atoms with Crippen molar-refractivity contribution in [2.24, 2.45) is 5.92 Å². The van der Waals surface area contributed by atoms with E-state index >= 15 is 0 Å². The van der Waals surface area contributed by atoms with Crippen LogP contribution >= 0.6 is 0 Å². The lowest BCUT2D eigenvalue weighted by atomic mass is 9.53. The molecule has 3 unspecified atom stereocenters. The summed E-state index contributed by atoms with van der Waals surface area (Å²) in [6, 6.07) is 13.8. The van der Waals surface area contributed by atoms with Crippen LogP contribution in [0.1, 0.15) is 34.3 Å². The topological polar surface area (TPSA) is 48.0 Å². The lowest BCUT2D eigenvalue weighted by Crippen LogP contribution is -2.63. The molecule has 0 N–H and O–H groups in total. The van der Waals surface area contributed by atoms with Gasteiger partial charge in [0.15, 0.2) is 17.6 Å². The van der Waals surface area contributed by atoms with Gasteiger partial charge in [0.25, 0.3) is 0 Å². The third-order valence-electron chi connectivity index (χ3n) is 7.65. The second-order valence-corrected chi connectivity index (χ2v) is 8.88. The van der Waals surface area contributed by atoms with Gasteiger partial charge in [-0.3, -0.25) is 0 Å². The smallest absolute Gasteiger partial charge is 0.343 e. The highest BCUT2D eigenvalue weighted by Gasteiger charge is 2.64. The Bertz CT molecular complexity index is 1060. The number of likely N-dealkylation sites (N-methyl/N-ethyl adjacent to an activating group) is 1. The predicted molar refractivity (Wildman–Crippen MR) is 112 cm³/mol. The van der Waals surface area contributed by atoms with Crippen LogP contribution in [0.4, 0.5) is 0 Å². The molecule has 0 saturated carbocycles. The molecule has 4 atom stereocenters. The molecule has 1 saturated heterocycles. The van der Waals surface area contributed by atoms with E-state index < -0.39 is 0 Å². The summed E-state index contributed by atoms with van der Waals surface area (Å²) in [5.74, 6) is 2.37. The summed E-state index contributed by atoms with van der Waals surface area (Å²) < 4.78 is 18.2. The molecule has 30 heavy (non-hydrogen) atoms. The first kappa shape index (κ1) is 18.0. The van der Waals surface area contributed by atoms with E-state index in [4.69, 9.17) is 14.2 Å². The van der Waals surface area contributed by atoms with Gasteiger partial charge in [0.05, 0.1) is 12.7 Å². The third kappa shape index (κ3) is 2.24. The maximum absolute atomic E-state index is 12.8. The van der Waals surface area contributed by atoms with Crippen molar-refractivity contribution in [1.29, 1.82) is 0 Å². The largest absolute Gasteiger partial charge is 0.493 e. The number of benzene rings is 2. The van der Waals surface area contributed by atoms with Crippen LogP contribution in [0.5, 0.6) is 11.5 Å². The molecule has 5 nitrogen and oxygen atoms in total. The Morgan fingerprint density at radius 1 is 1.20 bits per heavy atom. The summed E-state index contributed by atoms with van der Waals surface area (Å²) >= 11 is 0. The molecule has 1 fully saturated rings. The van der Waals surface area contributed by atoms with Gasteiger partial charge in [-0.05, 0) is 68.6 Å². The first-order chi connectivity index (χ1) is 14.6. The van der Waals surface area contributed by atoms with Crippen LogP contribution in [0.3, 0.4) is 0 Å². The Labute approximate surface area is 176 Å². The summed E-state index contributed by atoms with van der Waals surface area (Å²) in [7, 11) is 3.91. The van der Waals surface area contributed by atoms with Crippen LogP contribution in [0.15, 0.2) is 54.3 Å². The van der Waals surface area contributed by atoms with Crippen LogP contribution in [0.2, 0.25) is 0 Å².